The second-order valence-corrected chi connectivity index (χ2v) is 5.22. The first-order chi connectivity index (χ1) is 10.1. The topological polar surface area (TPSA) is 39.1 Å². The van der Waals surface area contributed by atoms with Crippen LogP contribution in [0.5, 0.6) is 5.75 Å². The number of anilines is 1. The first kappa shape index (κ1) is 15.4. The van der Waals surface area contributed by atoms with Crippen molar-refractivity contribution in [1.82, 2.24) is 9.78 Å². The van der Waals surface area contributed by atoms with Crippen LogP contribution < -0.4 is 10.1 Å². The Morgan fingerprint density at radius 2 is 1.86 bits per heavy atom. The third-order valence-corrected chi connectivity index (χ3v) is 3.72. The van der Waals surface area contributed by atoms with Crippen LogP contribution in [0.4, 0.5) is 5.69 Å². The quantitative estimate of drug-likeness (QED) is 0.869. The van der Waals surface area contributed by atoms with E-state index in [1.165, 1.54) is 11.3 Å². The smallest absolute Gasteiger partial charge is 0.119 e. The lowest BCUT2D eigenvalue weighted by molar-refractivity contribution is 0.340. The molecule has 0 aliphatic rings. The van der Waals surface area contributed by atoms with E-state index >= 15 is 0 Å². The summed E-state index contributed by atoms with van der Waals surface area (Å²) in [7, 11) is 0. The van der Waals surface area contributed by atoms with Gasteiger partial charge in [-0.15, -0.1) is 0 Å². The molecule has 4 heteroatoms. The summed E-state index contributed by atoms with van der Waals surface area (Å²) in [6, 6.07) is 8.32. The fourth-order valence-corrected chi connectivity index (χ4v) is 2.78. The maximum atomic E-state index is 5.47. The first-order valence-corrected chi connectivity index (χ1v) is 7.60. The molecule has 1 unspecified atom stereocenters. The molecule has 1 N–H and O–H groups in total. The van der Waals surface area contributed by atoms with Gasteiger partial charge in [0.1, 0.15) is 5.75 Å². The van der Waals surface area contributed by atoms with Crippen molar-refractivity contribution in [1.29, 1.82) is 0 Å². The van der Waals surface area contributed by atoms with Crippen molar-refractivity contribution < 1.29 is 4.74 Å². The number of benzene rings is 1. The summed E-state index contributed by atoms with van der Waals surface area (Å²) in [5.74, 6) is 0.905. The van der Waals surface area contributed by atoms with Gasteiger partial charge in [-0.2, -0.15) is 5.10 Å². The van der Waals surface area contributed by atoms with Crippen LogP contribution >= 0.6 is 0 Å². The van der Waals surface area contributed by atoms with E-state index < -0.39 is 0 Å². The molecule has 1 heterocycles. The van der Waals surface area contributed by atoms with Crippen LogP contribution in [0.15, 0.2) is 24.3 Å². The Morgan fingerprint density at radius 3 is 2.38 bits per heavy atom. The largest absolute Gasteiger partial charge is 0.494 e. The molecule has 1 atom stereocenters. The van der Waals surface area contributed by atoms with Gasteiger partial charge in [0.2, 0.25) is 0 Å². The average molecular weight is 287 g/mol. The molecule has 0 amide bonds. The zero-order chi connectivity index (χ0) is 15.4. The van der Waals surface area contributed by atoms with Crippen LogP contribution in [0, 0.1) is 13.8 Å². The maximum absolute atomic E-state index is 5.47. The number of aryl methyl sites for hydroxylation is 2. The highest BCUT2D eigenvalue weighted by Crippen LogP contribution is 2.26. The van der Waals surface area contributed by atoms with Crippen LogP contribution in [-0.2, 0) is 6.54 Å². The second kappa shape index (κ2) is 6.66. The molecule has 0 saturated heterocycles. The van der Waals surface area contributed by atoms with Gasteiger partial charge in [-0.3, -0.25) is 4.68 Å². The zero-order valence-electron chi connectivity index (χ0n) is 13.6. The molecule has 0 spiro atoms. The summed E-state index contributed by atoms with van der Waals surface area (Å²) in [5, 5.41) is 8.12. The highest BCUT2D eigenvalue weighted by Gasteiger charge is 2.16. The van der Waals surface area contributed by atoms with Gasteiger partial charge in [0.15, 0.2) is 0 Å². The molecule has 4 nitrogen and oxygen atoms in total. The molecule has 0 radical (unpaired) electrons. The van der Waals surface area contributed by atoms with E-state index in [9.17, 15) is 0 Å². The molecule has 1 aromatic heterocycles. The van der Waals surface area contributed by atoms with Crippen LogP contribution in [-0.4, -0.2) is 16.4 Å². The van der Waals surface area contributed by atoms with Gasteiger partial charge in [-0.05, 0) is 58.9 Å². The van der Waals surface area contributed by atoms with Crippen molar-refractivity contribution >= 4 is 5.69 Å². The van der Waals surface area contributed by atoms with E-state index in [1.807, 2.05) is 19.1 Å². The molecule has 2 aromatic rings. The molecule has 0 aliphatic heterocycles. The summed E-state index contributed by atoms with van der Waals surface area (Å²) in [6.45, 7) is 12.1. The summed E-state index contributed by atoms with van der Waals surface area (Å²) in [6.07, 6.45) is 0. The zero-order valence-corrected chi connectivity index (χ0v) is 13.6. The summed E-state index contributed by atoms with van der Waals surface area (Å²) in [4.78, 5) is 0. The minimum absolute atomic E-state index is 0.225. The standard InChI is InChI=1S/C17H25N3O/c1-6-20-14(5)17(13(4)19-20)12(3)18-15-8-10-16(11-9-15)21-7-2/h8-12,18H,6-7H2,1-5H3. The lowest BCUT2D eigenvalue weighted by Gasteiger charge is -2.16. The number of rotatable bonds is 6. The van der Waals surface area contributed by atoms with Gasteiger partial charge in [-0.25, -0.2) is 0 Å². The number of nitrogens with one attached hydrogen (secondary N) is 1. The first-order valence-electron chi connectivity index (χ1n) is 7.60. The van der Waals surface area contributed by atoms with E-state index in [0.717, 1.165) is 23.7 Å². The Balaban J connectivity index is 2.14. The molecule has 0 saturated carbocycles. The molecule has 0 aliphatic carbocycles. The SMILES string of the molecule is CCOc1ccc(NC(C)c2c(C)nn(CC)c2C)cc1. The molecule has 1 aromatic carbocycles. The Bertz CT molecular complexity index is 587. The number of nitrogens with zero attached hydrogens (tertiary/aromatic N) is 2. The number of ether oxygens (including phenoxy) is 1. The normalized spacial score (nSPS) is 12.2. The average Bonchev–Trinajstić information content (AvgIpc) is 2.75. The Morgan fingerprint density at radius 1 is 1.19 bits per heavy atom. The fourth-order valence-electron chi connectivity index (χ4n) is 2.78. The minimum Gasteiger partial charge on any atom is -0.494 e. The fraction of sp³-hybridized carbons (Fsp3) is 0.471. The van der Waals surface area contributed by atoms with Gasteiger partial charge in [0, 0.05) is 23.5 Å². The number of hydrogen-bond acceptors (Lipinski definition) is 3. The van der Waals surface area contributed by atoms with E-state index in [4.69, 9.17) is 4.74 Å². The van der Waals surface area contributed by atoms with Gasteiger partial charge >= 0.3 is 0 Å². The Kier molecular flexibility index (Phi) is 4.89. The van der Waals surface area contributed by atoms with Crippen molar-refractivity contribution in [2.75, 3.05) is 11.9 Å². The molecular formula is C17H25N3O. The lowest BCUT2D eigenvalue weighted by Crippen LogP contribution is -2.09. The van der Waals surface area contributed by atoms with Crippen molar-refractivity contribution in [2.24, 2.45) is 0 Å². The molecular weight excluding hydrogens is 262 g/mol. The van der Waals surface area contributed by atoms with Crippen LogP contribution in [0.2, 0.25) is 0 Å². The van der Waals surface area contributed by atoms with Gasteiger partial charge in [-0.1, -0.05) is 0 Å². The van der Waals surface area contributed by atoms with E-state index in [0.29, 0.717) is 6.61 Å². The van der Waals surface area contributed by atoms with Gasteiger partial charge in [0.05, 0.1) is 18.3 Å². The number of hydrogen-bond donors (Lipinski definition) is 1. The van der Waals surface area contributed by atoms with Crippen molar-refractivity contribution in [3.05, 3.63) is 41.2 Å². The second-order valence-electron chi connectivity index (χ2n) is 5.22. The molecule has 2 rings (SSSR count). The third-order valence-electron chi connectivity index (χ3n) is 3.72. The summed E-state index contributed by atoms with van der Waals surface area (Å²) >= 11 is 0. The van der Waals surface area contributed by atoms with Crippen LogP contribution in [0.3, 0.4) is 0 Å². The van der Waals surface area contributed by atoms with E-state index in [1.54, 1.807) is 0 Å². The van der Waals surface area contributed by atoms with Crippen molar-refractivity contribution in [2.45, 2.75) is 47.2 Å². The molecule has 0 fully saturated rings. The third kappa shape index (κ3) is 3.38. The van der Waals surface area contributed by atoms with Gasteiger partial charge in [0.25, 0.3) is 0 Å². The van der Waals surface area contributed by atoms with Crippen molar-refractivity contribution in [3.63, 3.8) is 0 Å². The van der Waals surface area contributed by atoms with Crippen LogP contribution in [0.1, 0.15) is 43.8 Å². The van der Waals surface area contributed by atoms with Gasteiger partial charge < -0.3 is 10.1 Å². The maximum Gasteiger partial charge on any atom is 0.119 e. The van der Waals surface area contributed by atoms with E-state index in [-0.39, 0.29) is 6.04 Å². The molecule has 21 heavy (non-hydrogen) atoms. The molecule has 0 bridgehead atoms. The van der Waals surface area contributed by atoms with Crippen molar-refractivity contribution in [3.8, 4) is 5.75 Å². The summed E-state index contributed by atoms with van der Waals surface area (Å²) in [5.41, 5.74) is 4.71. The predicted octanol–water partition coefficient (Wildman–Crippen LogP) is 4.09. The summed E-state index contributed by atoms with van der Waals surface area (Å²) < 4.78 is 7.52. The predicted molar refractivity (Wildman–Crippen MR) is 87.0 cm³/mol. The van der Waals surface area contributed by atoms with Crippen LogP contribution in [0.25, 0.3) is 0 Å². The molecule has 114 valence electrons. The highest BCUT2D eigenvalue weighted by atomic mass is 16.5. The van der Waals surface area contributed by atoms with E-state index in [2.05, 4.69) is 54.9 Å². The monoisotopic (exact) mass is 287 g/mol. The Labute approximate surface area is 127 Å². The highest BCUT2D eigenvalue weighted by molar-refractivity contribution is 5.49. The number of aromatic nitrogens is 2. The minimum atomic E-state index is 0.225. The lowest BCUT2D eigenvalue weighted by atomic mass is 10.1. The Hall–Kier alpha value is -1.97.